The van der Waals surface area contributed by atoms with Crippen LogP contribution in [0.5, 0.6) is 0 Å². The van der Waals surface area contributed by atoms with Crippen LogP contribution in [0.15, 0.2) is 44.8 Å². The van der Waals surface area contributed by atoms with Gasteiger partial charge in [-0.25, -0.2) is 9.97 Å². The van der Waals surface area contributed by atoms with E-state index in [9.17, 15) is 4.79 Å². The molecule has 0 atom stereocenters. The van der Waals surface area contributed by atoms with Crippen molar-refractivity contribution in [2.75, 3.05) is 0 Å². The maximum absolute atomic E-state index is 12.5. The van der Waals surface area contributed by atoms with Crippen LogP contribution in [0.1, 0.15) is 22.7 Å². The molecule has 0 radical (unpaired) electrons. The summed E-state index contributed by atoms with van der Waals surface area (Å²) in [5.41, 5.74) is 3.35. The number of aromatic amines is 1. The zero-order chi connectivity index (χ0) is 17.5. The average molecular weight is 398 g/mol. The van der Waals surface area contributed by atoms with Crippen molar-refractivity contribution in [1.82, 2.24) is 15.0 Å². The summed E-state index contributed by atoms with van der Waals surface area (Å²) in [6, 6.07) is 10.2. The predicted octanol–water partition coefficient (Wildman–Crippen LogP) is 4.89. The Labute approximate surface area is 162 Å². The van der Waals surface area contributed by atoms with E-state index in [1.165, 1.54) is 10.4 Å². The van der Waals surface area contributed by atoms with Gasteiger partial charge in [-0.05, 0) is 24.8 Å². The van der Waals surface area contributed by atoms with Crippen molar-refractivity contribution in [3.63, 3.8) is 0 Å². The largest absolute Gasteiger partial charge is 0.309 e. The highest BCUT2D eigenvalue weighted by atomic mass is 32.2. The number of thiazole rings is 1. The SMILES string of the molecule is O=c1[nH]c(CSc2nc(-c3ccccc3)cs2)nc2sc3c(c12)CCC3. The van der Waals surface area contributed by atoms with Crippen molar-refractivity contribution in [3.05, 3.63) is 62.3 Å². The minimum absolute atomic E-state index is 0.00844. The molecule has 4 aromatic rings. The Morgan fingerprint density at radius 1 is 1.15 bits per heavy atom. The molecular weight excluding hydrogens is 382 g/mol. The van der Waals surface area contributed by atoms with E-state index in [2.05, 4.69) is 27.5 Å². The fourth-order valence-electron chi connectivity index (χ4n) is 3.31. The van der Waals surface area contributed by atoms with Crippen molar-refractivity contribution in [3.8, 4) is 11.3 Å². The first-order valence-corrected chi connectivity index (χ1v) is 11.1. The molecule has 1 N–H and O–H groups in total. The van der Waals surface area contributed by atoms with Gasteiger partial charge in [0, 0.05) is 15.8 Å². The van der Waals surface area contributed by atoms with Crippen LogP contribution in [0.4, 0.5) is 0 Å². The molecule has 1 aliphatic carbocycles. The molecule has 0 fully saturated rings. The van der Waals surface area contributed by atoms with Gasteiger partial charge in [0.1, 0.15) is 10.7 Å². The Morgan fingerprint density at radius 3 is 2.92 bits per heavy atom. The Hall–Kier alpha value is -1.96. The third-order valence-corrected chi connectivity index (χ3v) is 7.73. The normalized spacial score (nSPS) is 13.4. The summed E-state index contributed by atoms with van der Waals surface area (Å²) in [7, 11) is 0. The first kappa shape index (κ1) is 16.2. The minimum atomic E-state index is 0.00844. The summed E-state index contributed by atoms with van der Waals surface area (Å²) in [4.78, 5) is 27.1. The van der Waals surface area contributed by atoms with E-state index in [-0.39, 0.29) is 5.56 Å². The van der Waals surface area contributed by atoms with Gasteiger partial charge in [0.2, 0.25) is 0 Å². The van der Waals surface area contributed by atoms with Crippen molar-refractivity contribution < 1.29 is 0 Å². The van der Waals surface area contributed by atoms with Crippen molar-refractivity contribution in [2.24, 2.45) is 0 Å². The van der Waals surface area contributed by atoms with E-state index in [1.54, 1.807) is 34.4 Å². The van der Waals surface area contributed by atoms with Gasteiger partial charge in [0.25, 0.3) is 5.56 Å². The molecule has 0 spiro atoms. The van der Waals surface area contributed by atoms with Gasteiger partial charge < -0.3 is 4.98 Å². The summed E-state index contributed by atoms with van der Waals surface area (Å²) in [5, 5.41) is 2.89. The molecular formula is C19H15N3OS3. The van der Waals surface area contributed by atoms with Gasteiger partial charge in [-0.2, -0.15) is 0 Å². The molecule has 0 amide bonds. The molecule has 26 heavy (non-hydrogen) atoms. The summed E-state index contributed by atoms with van der Waals surface area (Å²) in [6.45, 7) is 0. The fraction of sp³-hybridized carbons (Fsp3) is 0.211. The van der Waals surface area contributed by atoms with Gasteiger partial charge >= 0.3 is 0 Å². The topological polar surface area (TPSA) is 58.6 Å². The van der Waals surface area contributed by atoms with Crippen LogP contribution >= 0.6 is 34.4 Å². The lowest BCUT2D eigenvalue weighted by Crippen LogP contribution is -2.11. The summed E-state index contributed by atoms with van der Waals surface area (Å²) < 4.78 is 0.986. The number of nitrogens with one attached hydrogen (secondary N) is 1. The lowest BCUT2D eigenvalue weighted by molar-refractivity contribution is 0.916. The molecule has 3 aromatic heterocycles. The number of fused-ring (bicyclic) bond motifs is 3. The molecule has 0 unspecified atom stereocenters. The van der Waals surface area contributed by atoms with Gasteiger partial charge in [-0.1, -0.05) is 42.1 Å². The fourth-order valence-corrected chi connectivity index (χ4v) is 6.30. The zero-order valence-electron chi connectivity index (χ0n) is 13.8. The van der Waals surface area contributed by atoms with Gasteiger partial charge in [-0.3, -0.25) is 4.79 Å². The zero-order valence-corrected chi connectivity index (χ0v) is 16.3. The van der Waals surface area contributed by atoms with E-state index in [4.69, 9.17) is 4.98 Å². The second-order valence-electron chi connectivity index (χ2n) is 6.20. The van der Waals surface area contributed by atoms with Crippen molar-refractivity contribution in [2.45, 2.75) is 29.4 Å². The molecule has 5 rings (SSSR count). The molecule has 7 heteroatoms. The number of hydrogen-bond donors (Lipinski definition) is 1. The van der Waals surface area contributed by atoms with Crippen LogP contribution in [-0.2, 0) is 18.6 Å². The number of nitrogens with zero attached hydrogens (tertiary/aromatic N) is 2. The Bertz CT molecular complexity index is 1140. The third-order valence-electron chi connectivity index (χ3n) is 4.51. The molecule has 1 aromatic carbocycles. The number of thiophene rings is 1. The van der Waals surface area contributed by atoms with Crippen LogP contribution in [-0.4, -0.2) is 15.0 Å². The number of rotatable bonds is 4. The summed E-state index contributed by atoms with van der Waals surface area (Å²) in [5.74, 6) is 1.35. The quantitative estimate of drug-likeness (QED) is 0.498. The molecule has 1 aliphatic rings. The van der Waals surface area contributed by atoms with Crippen LogP contribution in [0.3, 0.4) is 0 Å². The van der Waals surface area contributed by atoms with Crippen molar-refractivity contribution in [1.29, 1.82) is 0 Å². The van der Waals surface area contributed by atoms with Gasteiger partial charge in [-0.15, -0.1) is 22.7 Å². The van der Waals surface area contributed by atoms with Gasteiger partial charge in [0.05, 0.1) is 16.8 Å². The lowest BCUT2D eigenvalue weighted by atomic mass is 10.2. The third kappa shape index (κ3) is 2.90. The van der Waals surface area contributed by atoms with E-state index >= 15 is 0 Å². The number of thioether (sulfide) groups is 1. The van der Waals surface area contributed by atoms with Crippen LogP contribution in [0, 0.1) is 0 Å². The molecule has 3 heterocycles. The molecule has 4 nitrogen and oxygen atoms in total. The highest BCUT2D eigenvalue weighted by Crippen LogP contribution is 2.35. The second-order valence-corrected chi connectivity index (χ2v) is 9.37. The number of aromatic nitrogens is 3. The van der Waals surface area contributed by atoms with E-state index in [1.807, 2.05) is 18.2 Å². The number of H-pyrrole nitrogens is 1. The Balaban J connectivity index is 1.37. The Morgan fingerprint density at radius 2 is 2.04 bits per heavy atom. The molecule has 0 bridgehead atoms. The Kier molecular flexibility index (Phi) is 4.15. The van der Waals surface area contributed by atoms with Gasteiger partial charge in [0.15, 0.2) is 4.34 Å². The lowest BCUT2D eigenvalue weighted by Gasteiger charge is -2.00. The van der Waals surface area contributed by atoms with E-state index in [0.717, 1.165) is 50.9 Å². The maximum Gasteiger partial charge on any atom is 0.259 e. The van der Waals surface area contributed by atoms with Crippen LogP contribution in [0.2, 0.25) is 0 Å². The first-order valence-electron chi connectivity index (χ1n) is 8.45. The van der Waals surface area contributed by atoms with E-state index < -0.39 is 0 Å². The number of benzene rings is 1. The monoisotopic (exact) mass is 397 g/mol. The molecule has 0 saturated heterocycles. The first-order chi connectivity index (χ1) is 12.8. The number of aryl methyl sites for hydroxylation is 2. The van der Waals surface area contributed by atoms with Crippen molar-refractivity contribution >= 4 is 44.7 Å². The van der Waals surface area contributed by atoms with Crippen LogP contribution in [0.25, 0.3) is 21.5 Å². The summed E-state index contributed by atoms with van der Waals surface area (Å²) >= 11 is 4.93. The second kappa shape index (κ2) is 6.64. The highest BCUT2D eigenvalue weighted by Gasteiger charge is 2.21. The summed E-state index contributed by atoms with van der Waals surface area (Å²) in [6.07, 6.45) is 3.25. The minimum Gasteiger partial charge on any atom is -0.309 e. The molecule has 0 aliphatic heterocycles. The number of hydrogen-bond acceptors (Lipinski definition) is 6. The molecule has 0 saturated carbocycles. The smallest absolute Gasteiger partial charge is 0.259 e. The predicted molar refractivity (Wildman–Crippen MR) is 109 cm³/mol. The van der Waals surface area contributed by atoms with Crippen LogP contribution < -0.4 is 5.56 Å². The maximum atomic E-state index is 12.5. The van der Waals surface area contributed by atoms with E-state index in [0.29, 0.717) is 5.75 Å². The average Bonchev–Trinajstić information content (AvgIpc) is 3.36. The highest BCUT2D eigenvalue weighted by molar-refractivity contribution is 8.00. The standard InChI is InChI=1S/C19H15N3OS3/c23-17-16-12-7-4-8-14(12)26-18(16)22-15(21-17)10-25-19-20-13(9-24-19)11-5-2-1-3-6-11/h1-3,5-6,9H,4,7-8,10H2,(H,21,22,23). The molecule has 130 valence electrons.